The molecule has 2 nitrogen and oxygen atoms in total. The van der Waals surface area contributed by atoms with Crippen LogP contribution in [0.1, 0.15) is 11.1 Å². The lowest BCUT2D eigenvalue weighted by atomic mass is 10.2. The molecule has 2 aromatic rings. The number of aliphatic hydroxyl groups is 1. The van der Waals surface area contributed by atoms with E-state index in [0.29, 0.717) is 6.54 Å². The molecular formula is C14H13BrClNO. The SMILES string of the molecule is OCc1ccc(NCc2ccc(Br)cc2Cl)cc1. The Morgan fingerprint density at radius 1 is 1.11 bits per heavy atom. The van der Waals surface area contributed by atoms with Gasteiger partial charge in [0.1, 0.15) is 0 Å². The Morgan fingerprint density at radius 2 is 1.83 bits per heavy atom. The van der Waals surface area contributed by atoms with E-state index in [1.165, 1.54) is 0 Å². The van der Waals surface area contributed by atoms with Gasteiger partial charge in [-0.1, -0.05) is 45.7 Å². The van der Waals surface area contributed by atoms with Crippen LogP contribution in [-0.2, 0) is 13.2 Å². The molecule has 0 aliphatic heterocycles. The summed E-state index contributed by atoms with van der Waals surface area (Å²) in [5.74, 6) is 0. The molecule has 0 fully saturated rings. The van der Waals surface area contributed by atoms with Gasteiger partial charge in [0.2, 0.25) is 0 Å². The molecule has 0 aliphatic rings. The van der Waals surface area contributed by atoms with Crippen LogP contribution < -0.4 is 5.32 Å². The highest BCUT2D eigenvalue weighted by Gasteiger charge is 2.01. The maximum atomic E-state index is 8.96. The largest absolute Gasteiger partial charge is 0.392 e. The molecule has 0 unspecified atom stereocenters. The van der Waals surface area contributed by atoms with Crippen LogP contribution >= 0.6 is 27.5 Å². The number of hydrogen-bond donors (Lipinski definition) is 2. The Kier molecular flexibility index (Phi) is 4.64. The Balaban J connectivity index is 2.02. The van der Waals surface area contributed by atoms with Gasteiger partial charge in [-0.25, -0.2) is 0 Å². The van der Waals surface area contributed by atoms with Crippen molar-refractivity contribution >= 4 is 33.2 Å². The lowest BCUT2D eigenvalue weighted by Gasteiger charge is -2.09. The van der Waals surface area contributed by atoms with Crippen molar-refractivity contribution in [2.24, 2.45) is 0 Å². The number of rotatable bonds is 4. The predicted octanol–water partition coefficient (Wildman–Crippen LogP) is 4.21. The van der Waals surface area contributed by atoms with Gasteiger partial charge in [-0.05, 0) is 35.4 Å². The molecule has 0 saturated carbocycles. The van der Waals surface area contributed by atoms with Crippen molar-refractivity contribution in [2.75, 3.05) is 5.32 Å². The van der Waals surface area contributed by atoms with Gasteiger partial charge < -0.3 is 10.4 Å². The molecule has 0 radical (unpaired) electrons. The van der Waals surface area contributed by atoms with E-state index in [0.717, 1.165) is 26.3 Å². The molecule has 0 saturated heterocycles. The zero-order chi connectivity index (χ0) is 13.0. The van der Waals surface area contributed by atoms with E-state index in [1.807, 2.05) is 42.5 Å². The molecule has 2 aromatic carbocycles. The minimum absolute atomic E-state index is 0.0683. The molecule has 0 amide bonds. The summed E-state index contributed by atoms with van der Waals surface area (Å²) >= 11 is 9.52. The molecular weight excluding hydrogens is 314 g/mol. The summed E-state index contributed by atoms with van der Waals surface area (Å²) in [5, 5.41) is 13.0. The van der Waals surface area contributed by atoms with E-state index < -0.39 is 0 Å². The number of nitrogens with one attached hydrogen (secondary N) is 1. The first-order valence-electron chi connectivity index (χ1n) is 5.56. The third-order valence-corrected chi connectivity index (χ3v) is 3.48. The molecule has 94 valence electrons. The van der Waals surface area contributed by atoms with E-state index in [2.05, 4.69) is 21.2 Å². The minimum Gasteiger partial charge on any atom is -0.392 e. The molecule has 0 heterocycles. The van der Waals surface area contributed by atoms with Gasteiger partial charge >= 0.3 is 0 Å². The summed E-state index contributed by atoms with van der Waals surface area (Å²) in [6.07, 6.45) is 0. The van der Waals surface area contributed by atoms with Crippen LogP contribution in [0.25, 0.3) is 0 Å². The first-order chi connectivity index (χ1) is 8.69. The second-order valence-electron chi connectivity index (χ2n) is 3.94. The summed E-state index contributed by atoms with van der Waals surface area (Å²) < 4.78 is 0.976. The van der Waals surface area contributed by atoms with Gasteiger partial charge in [-0.15, -0.1) is 0 Å². The van der Waals surface area contributed by atoms with Crippen molar-refractivity contribution < 1.29 is 5.11 Å². The zero-order valence-electron chi connectivity index (χ0n) is 9.66. The van der Waals surface area contributed by atoms with E-state index >= 15 is 0 Å². The fourth-order valence-electron chi connectivity index (χ4n) is 1.59. The second kappa shape index (κ2) is 6.23. The zero-order valence-corrected chi connectivity index (χ0v) is 12.0. The lowest BCUT2D eigenvalue weighted by Crippen LogP contribution is -2.00. The first-order valence-corrected chi connectivity index (χ1v) is 6.74. The van der Waals surface area contributed by atoms with Crippen molar-refractivity contribution in [3.05, 3.63) is 63.1 Å². The highest BCUT2D eigenvalue weighted by Crippen LogP contribution is 2.22. The normalized spacial score (nSPS) is 10.4. The Bertz CT molecular complexity index is 528. The maximum absolute atomic E-state index is 8.96. The van der Waals surface area contributed by atoms with Crippen molar-refractivity contribution in [1.82, 2.24) is 0 Å². The Labute approximate surface area is 120 Å². The third kappa shape index (κ3) is 3.48. The molecule has 0 atom stereocenters. The van der Waals surface area contributed by atoms with Crippen molar-refractivity contribution in [1.29, 1.82) is 0 Å². The fourth-order valence-corrected chi connectivity index (χ4v) is 2.33. The average Bonchev–Trinajstić information content (AvgIpc) is 2.38. The average molecular weight is 327 g/mol. The van der Waals surface area contributed by atoms with E-state index in [-0.39, 0.29) is 6.61 Å². The highest BCUT2D eigenvalue weighted by atomic mass is 79.9. The summed E-state index contributed by atoms with van der Waals surface area (Å²) in [4.78, 5) is 0. The van der Waals surface area contributed by atoms with E-state index in [9.17, 15) is 0 Å². The van der Waals surface area contributed by atoms with Crippen LogP contribution in [-0.4, -0.2) is 5.11 Å². The summed E-state index contributed by atoms with van der Waals surface area (Å²) in [5.41, 5.74) is 2.96. The van der Waals surface area contributed by atoms with E-state index in [4.69, 9.17) is 16.7 Å². The van der Waals surface area contributed by atoms with Crippen LogP contribution in [0.3, 0.4) is 0 Å². The number of anilines is 1. The number of aliphatic hydroxyl groups excluding tert-OH is 1. The topological polar surface area (TPSA) is 32.3 Å². The maximum Gasteiger partial charge on any atom is 0.0681 e. The van der Waals surface area contributed by atoms with Crippen molar-refractivity contribution in [3.63, 3.8) is 0 Å². The Morgan fingerprint density at radius 3 is 2.44 bits per heavy atom. The van der Waals surface area contributed by atoms with Gasteiger partial charge in [0.15, 0.2) is 0 Å². The molecule has 0 aromatic heterocycles. The molecule has 2 N–H and O–H groups in total. The van der Waals surface area contributed by atoms with Gasteiger partial charge in [0, 0.05) is 21.7 Å². The number of benzene rings is 2. The highest BCUT2D eigenvalue weighted by molar-refractivity contribution is 9.10. The minimum atomic E-state index is 0.0683. The summed E-state index contributed by atoms with van der Waals surface area (Å²) in [6, 6.07) is 13.5. The molecule has 0 bridgehead atoms. The van der Waals surface area contributed by atoms with Crippen LogP contribution in [0.5, 0.6) is 0 Å². The van der Waals surface area contributed by atoms with Gasteiger partial charge in [-0.3, -0.25) is 0 Å². The second-order valence-corrected chi connectivity index (χ2v) is 5.27. The predicted molar refractivity (Wildman–Crippen MR) is 78.8 cm³/mol. The molecule has 0 aliphatic carbocycles. The van der Waals surface area contributed by atoms with Crippen molar-refractivity contribution in [2.45, 2.75) is 13.2 Å². The Hall–Kier alpha value is -1.03. The molecule has 2 rings (SSSR count). The fraction of sp³-hybridized carbons (Fsp3) is 0.143. The van der Waals surface area contributed by atoms with Crippen molar-refractivity contribution in [3.8, 4) is 0 Å². The smallest absolute Gasteiger partial charge is 0.0681 e. The quantitative estimate of drug-likeness (QED) is 0.882. The monoisotopic (exact) mass is 325 g/mol. The van der Waals surface area contributed by atoms with E-state index in [1.54, 1.807) is 0 Å². The third-order valence-electron chi connectivity index (χ3n) is 2.63. The summed E-state index contributed by atoms with van der Waals surface area (Å²) in [7, 11) is 0. The molecule has 18 heavy (non-hydrogen) atoms. The summed E-state index contributed by atoms with van der Waals surface area (Å²) in [6.45, 7) is 0.739. The van der Waals surface area contributed by atoms with Crippen LogP contribution in [0.4, 0.5) is 5.69 Å². The lowest BCUT2D eigenvalue weighted by molar-refractivity contribution is 0.282. The van der Waals surface area contributed by atoms with Crippen LogP contribution in [0, 0.1) is 0 Å². The molecule has 4 heteroatoms. The van der Waals surface area contributed by atoms with Gasteiger partial charge in [0.25, 0.3) is 0 Å². The standard InChI is InChI=1S/C14H13BrClNO/c15-12-4-3-11(14(16)7-12)8-17-13-5-1-10(9-18)2-6-13/h1-7,17-18H,8-9H2. The molecule has 0 spiro atoms. The van der Waals surface area contributed by atoms with Gasteiger partial charge in [-0.2, -0.15) is 0 Å². The van der Waals surface area contributed by atoms with Crippen LogP contribution in [0.15, 0.2) is 46.9 Å². The first kappa shape index (κ1) is 13.4. The van der Waals surface area contributed by atoms with Crippen LogP contribution in [0.2, 0.25) is 5.02 Å². The number of halogens is 2. The number of hydrogen-bond acceptors (Lipinski definition) is 2. The van der Waals surface area contributed by atoms with Gasteiger partial charge in [0.05, 0.1) is 6.61 Å².